The molecule has 0 aliphatic heterocycles. The maximum atomic E-state index is 14.0. The summed E-state index contributed by atoms with van der Waals surface area (Å²) in [5.74, 6) is 0.901. The summed E-state index contributed by atoms with van der Waals surface area (Å²) in [6, 6.07) is 21.4. The molecule has 0 saturated heterocycles. The zero-order chi connectivity index (χ0) is 25.4. The second kappa shape index (κ2) is 9.64. The molecule has 6 nitrogen and oxygen atoms in total. The molecule has 0 bridgehead atoms. The summed E-state index contributed by atoms with van der Waals surface area (Å²) in [7, 11) is 3.15. The Hall–Kier alpha value is -3.88. The van der Waals surface area contributed by atoms with E-state index >= 15 is 0 Å². The summed E-state index contributed by atoms with van der Waals surface area (Å²) in [5, 5.41) is 0. The SMILES string of the molecule is COc1ccc(Sc2cccc3c2C(=O)c2c(Sc4ccc(OC)cc4N)cccc2C3=O)c(N)c1. The van der Waals surface area contributed by atoms with E-state index in [1.54, 1.807) is 50.6 Å². The summed E-state index contributed by atoms with van der Waals surface area (Å²) in [4.78, 5) is 30.3. The van der Waals surface area contributed by atoms with Crippen LogP contribution in [0.2, 0.25) is 0 Å². The van der Waals surface area contributed by atoms with Crippen molar-refractivity contribution in [2.75, 3.05) is 25.7 Å². The molecule has 8 heteroatoms. The zero-order valence-corrected chi connectivity index (χ0v) is 21.2. The first-order valence-corrected chi connectivity index (χ1v) is 12.6. The van der Waals surface area contributed by atoms with Gasteiger partial charge in [-0.3, -0.25) is 9.59 Å². The van der Waals surface area contributed by atoms with Crippen molar-refractivity contribution < 1.29 is 19.1 Å². The number of ketones is 2. The number of nitrogen functional groups attached to an aromatic ring is 2. The van der Waals surface area contributed by atoms with Gasteiger partial charge in [0.15, 0.2) is 11.6 Å². The Balaban J connectivity index is 1.57. The van der Waals surface area contributed by atoms with Crippen LogP contribution in [0.3, 0.4) is 0 Å². The van der Waals surface area contributed by atoms with Crippen LogP contribution >= 0.6 is 23.5 Å². The van der Waals surface area contributed by atoms with Gasteiger partial charge >= 0.3 is 0 Å². The Morgan fingerprint density at radius 1 is 0.583 bits per heavy atom. The molecule has 5 rings (SSSR count). The molecular formula is C28H22N2O4S2. The van der Waals surface area contributed by atoms with Gasteiger partial charge in [-0.25, -0.2) is 0 Å². The fourth-order valence-corrected chi connectivity index (χ4v) is 6.08. The molecule has 1 aliphatic rings. The van der Waals surface area contributed by atoms with Gasteiger partial charge in [0.1, 0.15) is 11.5 Å². The highest BCUT2D eigenvalue weighted by Gasteiger charge is 2.34. The molecule has 0 unspecified atom stereocenters. The van der Waals surface area contributed by atoms with Crippen LogP contribution in [0.4, 0.5) is 11.4 Å². The van der Waals surface area contributed by atoms with E-state index in [2.05, 4.69) is 0 Å². The lowest BCUT2D eigenvalue weighted by molar-refractivity contribution is 0.0974. The number of hydrogen-bond donors (Lipinski definition) is 2. The zero-order valence-electron chi connectivity index (χ0n) is 19.5. The maximum Gasteiger partial charge on any atom is 0.196 e. The lowest BCUT2D eigenvalue weighted by Crippen LogP contribution is -2.22. The van der Waals surface area contributed by atoms with Gasteiger partial charge in [-0.2, -0.15) is 0 Å². The first-order valence-electron chi connectivity index (χ1n) is 11.0. The number of carbonyl (C=O) groups is 2. The third-order valence-electron chi connectivity index (χ3n) is 5.87. The van der Waals surface area contributed by atoms with Crippen molar-refractivity contribution in [3.05, 3.63) is 95.1 Å². The van der Waals surface area contributed by atoms with Crippen molar-refractivity contribution in [2.45, 2.75) is 19.6 Å². The fourth-order valence-electron chi connectivity index (χ4n) is 4.08. The van der Waals surface area contributed by atoms with E-state index in [9.17, 15) is 9.59 Å². The number of anilines is 2. The van der Waals surface area contributed by atoms with Gasteiger partial charge in [0.2, 0.25) is 0 Å². The lowest BCUT2D eigenvalue weighted by Gasteiger charge is -2.22. The number of methoxy groups -OCH3 is 2. The Morgan fingerprint density at radius 3 is 1.42 bits per heavy atom. The third-order valence-corrected chi connectivity index (χ3v) is 8.17. The highest BCUT2D eigenvalue weighted by Crippen LogP contribution is 2.43. The molecule has 4 N–H and O–H groups in total. The second-order valence-corrected chi connectivity index (χ2v) is 10.2. The minimum atomic E-state index is -0.204. The molecule has 4 aromatic rings. The van der Waals surface area contributed by atoms with Crippen LogP contribution in [0.1, 0.15) is 31.8 Å². The normalized spacial score (nSPS) is 12.2. The van der Waals surface area contributed by atoms with Crippen LogP contribution in [-0.4, -0.2) is 25.8 Å². The van der Waals surface area contributed by atoms with Crippen LogP contribution < -0.4 is 20.9 Å². The number of carbonyl (C=O) groups excluding carboxylic acids is 2. The molecule has 4 aromatic carbocycles. The Kier molecular flexibility index (Phi) is 6.38. The van der Waals surface area contributed by atoms with Crippen molar-refractivity contribution in [3.8, 4) is 11.5 Å². The molecule has 0 spiro atoms. The van der Waals surface area contributed by atoms with E-state index in [1.807, 2.05) is 36.4 Å². The van der Waals surface area contributed by atoms with Crippen molar-refractivity contribution in [3.63, 3.8) is 0 Å². The minimum Gasteiger partial charge on any atom is -0.497 e. The number of hydrogen-bond acceptors (Lipinski definition) is 8. The predicted octanol–water partition coefficient (Wildman–Crippen LogP) is 5.95. The first kappa shape index (κ1) is 23.8. The van der Waals surface area contributed by atoms with Gasteiger partial charge in [-0.15, -0.1) is 0 Å². The molecule has 1 aliphatic carbocycles. The second-order valence-electron chi connectivity index (χ2n) is 8.03. The highest BCUT2D eigenvalue weighted by atomic mass is 32.2. The smallest absolute Gasteiger partial charge is 0.196 e. The van der Waals surface area contributed by atoms with Crippen LogP contribution in [0.5, 0.6) is 11.5 Å². The van der Waals surface area contributed by atoms with Crippen molar-refractivity contribution >= 4 is 46.5 Å². The van der Waals surface area contributed by atoms with E-state index in [1.165, 1.54) is 23.5 Å². The Bertz CT molecular complexity index is 1420. The third kappa shape index (κ3) is 4.19. The van der Waals surface area contributed by atoms with E-state index in [4.69, 9.17) is 20.9 Å². The van der Waals surface area contributed by atoms with E-state index < -0.39 is 0 Å². The van der Waals surface area contributed by atoms with Gasteiger partial charge in [0.25, 0.3) is 0 Å². The molecule has 0 amide bonds. The maximum absolute atomic E-state index is 14.0. The fraction of sp³-hybridized carbons (Fsp3) is 0.0714. The van der Waals surface area contributed by atoms with Crippen molar-refractivity contribution in [1.82, 2.24) is 0 Å². The largest absolute Gasteiger partial charge is 0.497 e. The Labute approximate surface area is 217 Å². The van der Waals surface area contributed by atoms with E-state index in [-0.39, 0.29) is 11.6 Å². The minimum absolute atomic E-state index is 0.185. The summed E-state index contributed by atoms with van der Waals surface area (Å²) in [6.07, 6.45) is 0. The standard InChI is InChI=1S/C28H22N2O4S2/c1-33-15-9-11-21(19(29)13-15)35-23-7-3-5-17-25(23)28(32)26-18(27(17)31)6-4-8-24(26)36-22-12-10-16(34-2)14-20(22)30/h3-14H,29-30H2,1-2H3. The van der Waals surface area contributed by atoms with Gasteiger partial charge in [0.05, 0.1) is 14.2 Å². The first-order chi connectivity index (χ1) is 17.4. The molecule has 0 radical (unpaired) electrons. The average Bonchev–Trinajstić information content (AvgIpc) is 2.89. The molecule has 0 heterocycles. The van der Waals surface area contributed by atoms with Gasteiger partial charge in [-0.05, 0) is 36.4 Å². The van der Waals surface area contributed by atoms with Crippen LogP contribution in [0, 0.1) is 0 Å². The number of fused-ring (bicyclic) bond motifs is 2. The monoisotopic (exact) mass is 514 g/mol. The average molecular weight is 515 g/mol. The Morgan fingerprint density at radius 2 is 1.03 bits per heavy atom. The molecule has 180 valence electrons. The molecule has 0 saturated carbocycles. The van der Waals surface area contributed by atoms with Gasteiger partial charge < -0.3 is 20.9 Å². The summed E-state index contributed by atoms with van der Waals surface area (Å²) >= 11 is 2.70. The number of ether oxygens (including phenoxy) is 2. The number of nitrogens with two attached hydrogens (primary N) is 2. The molecule has 0 fully saturated rings. The topological polar surface area (TPSA) is 105 Å². The predicted molar refractivity (Wildman–Crippen MR) is 143 cm³/mol. The molecule has 36 heavy (non-hydrogen) atoms. The number of rotatable bonds is 6. The summed E-state index contributed by atoms with van der Waals surface area (Å²) in [5.41, 5.74) is 15.0. The summed E-state index contributed by atoms with van der Waals surface area (Å²) in [6.45, 7) is 0. The van der Waals surface area contributed by atoms with E-state index in [0.29, 0.717) is 54.9 Å². The van der Waals surface area contributed by atoms with E-state index in [0.717, 1.165) is 9.79 Å². The van der Waals surface area contributed by atoms with Gasteiger partial charge in [-0.1, -0.05) is 47.8 Å². The van der Waals surface area contributed by atoms with Crippen molar-refractivity contribution in [2.24, 2.45) is 0 Å². The van der Waals surface area contributed by atoms with Crippen molar-refractivity contribution in [1.29, 1.82) is 0 Å². The molecular weight excluding hydrogens is 492 g/mol. The molecule has 0 aromatic heterocycles. The number of benzene rings is 4. The highest BCUT2D eigenvalue weighted by molar-refractivity contribution is 8.00. The molecule has 0 atom stereocenters. The summed E-state index contributed by atoms with van der Waals surface area (Å²) < 4.78 is 10.5. The van der Waals surface area contributed by atoms with Crippen LogP contribution in [0.15, 0.2) is 92.4 Å². The van der Waals surface area contributed by atoms with Crippen LogP contribution in [-0.2, 0) is 0 Å². The van der Waals surface area contributed by atoms with Gasteiger partial charge in [0, 0.05) is 65.3 Å². The lowest BCUT2D eigenvalue weighted by atomic mass is 9.84. The quantitative estimate of drug-likeness (QED) is 0.268. The van der Waals surface area contributed by atoms with Crippen LogP contribution in [0.25, 0.3) is 0 Å².